The lowest BCUT2D eigenvalue weighted by molar-refractivity contribution is 0.0862. The van der Waals surface area contributed by atoms with Gasteiger partial charge in [0.25, 0.3) is 0 Å². The maximum atomic E-state index is 12.0. The van der Waals surface area contributed by atoms with E-state index in [1.807, 2.05) is 45.0 Å². The van der Waals surface area contributed by atoms with Crippen molar-refractivity contribution in [2.75, 3.05) is 5.88 Å². The standard InChI is InChI=1S/C12H15ClO/c1-9-5-4-6-10(7-9)11(14)12(2,3)8-13/h4-7H,8H2,1-3H3. The van der Waals surface area contributed by atoms with Gasteiger partial charge in [0.15, 0.2) is 5.78 Å². The number of carbonyl (C=O) groups is 1. The molecule has 0 N–H and O–H groups in total. The van der Waals surface area contributed by atoms with Crippen molar-refractivity contribution in [3.05, 3.63) is 35.4 Å². The molecule has 1 aromatic rings. The molecule has 2 heteroatoms. The summed E-state index contributed by atoms with van der Waals surface area (Å²) in [5.74, 6) is 0.455. The molecule has 0 saturated carbocycles. The second kappa shape index (κ2) is 4.14. The van der Waals surface area contributed by atoms with E-state index >= 15 is 0 Å². The molecule has 0 aromatic heterocycles. The molecule has 0 atom stereocenters. The van der Waals surface area contributed by atoms with E-state index in [1.54, 1.807) is 0 Å². The smallest absolute Gasteiger partial charge is 0.169 e. The molecule has 0 aliphatic rings. The van der Waals surface area contributed by atoms with Crippen molar-refractivity contribution >= 4 is 17.4 Å². The highest BCUT2D eigenvalue weighted by Crippen LogP contribution is 2.23. The predicted molar refractivity (Wildman–Crippen MR) is 60.0 cm³/mol. The maximum absolute atomic E-state index is 12.0. The zero-order chi connectivity index (χ0) is 10.8. The van der Waals surface area contributed by atoms with Crippen LogP contribution in [0.4, 0.5) is 0 Å². The van der Waals surface area contributed by atoms with Gasteiger partial charge in [0, 0.05) is 16.9 Å². The van der Waals surface area contributed by atoms with Crippen molar-refractivity contribution in [3.8, 4) is 0 Å². The molecule has 0 radical (unpaired) electrons. The zero-order valence-electron chi connectivity index (χ0n) is 8.80. The maximum Gasteiger partial charge on any atom is 0.169 e. The molecule has 0 amide bonds. The summed E-state index contributed by atoms with van der Waals surface area (Å²) in [6.07, 6.45) is 0. The highest BCUT2D eigenvalue weighted by atomic mass is 35.5. The zero-order valence-corrected chi connectivity index (χ0v) is 9.56. The van der Waals surface area contributed by atoms with Crippen molar-refractivity contribution in [1.82, 2.24) is 0 Å². The van der Waals surface area contributed by atoms with Crippen LogP contribution in [0.2, 0.25) is 0 Å². The van der Waals surface area contributed by atoms with Gasteiger partial charge in [-0.15, -0.1) is 11.6 Å². The van der Waals surface area contributed by atoms with Crippen LogP contribution in [0.5, 0.6) is 0 Å². The molecule has 0 aliphatic carbocycles. The Bertz CT molecular complexity index is 342. The minimum atomic E-state index is -0.477. The third-order valence-electron chi connectivity index (χ3n) is 2.23. The van der Waals surface area contributed by atoms with Gasteiger partial charge in [0.2, 0.25) is 0 Å². The second-order valence-corrected chi connectivity index (χ2v) is 4.48. The van der Waals surface area contributed by atoms with Crippen LogP contribution in [-0.2, 0) is 0 Å². The van der Waals surface area contributed by atoms with Crippen molar-refractivity contribution in [2.45, 2.75) is 20.8 Å². The Morgan fingerprint density at radius 2 is 2.07 bits per heavy atom. The largest absolute Gasteiger partial charge is 0.294 e. The molecule has 0 heterocycles. The normalized spacial score (nSPS) is 11.4. The quantitative estimate of drug-likeness (QED) is 0.552. The fraction of sp³-hybridized carbons (Fsp3) is 0.417. The first-order valence-electron chi connectivity index (χ1n) is 4.65. The first kappa shape index (κ1) is 11.3. The van der Waals surface area contributed by atoms with Crippen molar-refractivity contribution in [3.63, 3.8) is 0 Å². The molecule has 1 nitrogen and oxygen atoms in total. The summed E-state index contributed by atoms with van der Waals surface area (Å²) in [6.45, 7) is 5.71. The van der Waals surface area contributed by atoms with Gasteiger partial charge in [0.1, 0.15) is 0 Å². The van der Waals surface area contributed by atoms with Crippen molar-refractivity contribution in [1.29, 1.82) is 0 Å². The van der Waals surface area contributed by atoms with Crippen molar-refractivity contribution in [2.24, 2.45) is 5.41 Å². The molecule has 0 unspecified atom stereocenters. The molecule has 0 aliphatic heterocycles. The average molecular weight is 211 g/mol. The van der Waals surface area contributed by atoms with Gasteiger partial charge >= 0.3 is 0 Å². The van der Waals surface area contributed by atoms with Crippen LogP contribution in [0.3, 0.4) is 0 Å². The second-order valence-electron chi connectivity index (χ2n) is 4.22. The summed E-state index contributed by atoms with van der Waals surface area (Å²) in [5, 5.41) is 0. The summed E-state index contributed by atoms with van der Waals surface area (Å²) >= 11 is 5.76. The van der Waals surface area contributed by atoms with E-state index in [0.717, 1.165) is 11.1 Å². The van der Waals surface area contributed by atoms with Gasteiger partial charge in [-0.2, -0.15) is 0 Å². The third-order valence-corrected chi connectivity index (χ3v) is 2.90. The number of aryl methyl sites for hydroxylation is 1. The molecule has 0 fully saturated rings. The topological polar surface area (TPSA) is 17.1 Å². The van der Waals surface area contributed by atoms with Crippen LogP contribution in [0.25, 0.3) is 0 Å². The first-order chi connectivity index (χ1) is 6.47. The SMILES string of the molecule is Cc1cccc(C(=O)C(C)(C)CCl)c1. The van der Waals surface area contributed by atoms with E-state index in [9.17, 15) is 4.79 Å². The fourth-order valence-corrected chi connectivity index (χ4v) is 1.36. The summed E-state index contributed by atoms with van der Waals surface area (Å²) in [6, 6.07) is 7.61. The number of Topliss-reactive ketones (excluding diaryl/α,β-unsaturated/α-hetero) is 1. The molecule has 1 aromatic carbocycles. The lowest BCUT2D eigenvalue weighted by Crippen LogP contribution is -2.26. The van der Waals surface area contributed by atoms with Gasteiger partial charge in [0.05, 0.1) is 0 Å². The monoisotopic (exact) mass is 210 g/mol. The lowest BCUT2D eigenvalue weighted by atomic mass is 9.86. The minimum absolute atomic E-state index is 0.108. The Balaban J connectivity index is 3.01. The average Bonchev–Trinajstić information content (AvgIpc) is 2.16. The van der Waals surface area contributed by atoms with E-state index < -0.39 is 5.41 Å². The summed E-state index contributed by atoms with van der Waals surface area (Å²) in [4.78, 5) is 12.0. The summed E-state index contributed by atoms with van der Waals surface area (Å²) in [7, 11) is 0. The molecule has 1 rings (SSSR count). The number of alkyl halides is 1. The number of benzene rings is 1. The molecule has 0 saturated heterocycles. The summed E-state index contributed by atoms with van der Waals surface area (Å²) in [5.41, 5.74) is 1.37. The Morgan fingerprint density at radius 3 is 2.57 bits per heavy atom. The lowest BCUT2D eigenvalue weighted by Gasteiger charge is -2.19. The fourth-order valence-electron chi connectivity index (χ4n) is 1.24. The van der Waals surface area contributed by atoms with Crippen LogP contribution in [0.15, 0.2) is 24.3 Å². The molecule has 0 spiro atoms. The summed E-state index contributed by atoms with van der Waals surface area (Å²) < 4.78 is 0. The van der Waals surface area contributed by atoms with Crippen LogP contribution < -0.4 is 0 Å². The van der Waals surface area contributed by atoms with Gasteiger partial charge < -0.3 is 0 Å². The number of carbonyl (C=O) groups excluding carboxylic acids is 1. The van der Waals surface area contributed by atoms with Gasteiger partial charge in [-0.1, -0.05) is 37.6 Å². The van der Waals surface area contributed by atoms with E-state index in [0.29, 0.717) is 5.88 Å². The van der Waals surface area contributed by atoms with Gasteiger partial charge in [-0.25, -0.2) is 0 Å². The number of hydrogen-bond donors (Lipinski definition) is 0. The van der Waals surface area contributed by atoms with Crippen LogP contribution in [-0.4, -0.2) is 11.7 Å². The predicted octanol–water partition coefficient (Wildman–Crippen LogP) is 3.44. The molecular weight excluding hydrogens is 196 g/mol. The van der Waals surface area contributed by atoms with Crippen LogP contribution >= 0.6 is 11.6 Å². The van der Waals surface area contributed by atoms with E-state index in [2.05, 4.69) is 0 Å². The van der Waals surface area contributed by atoms with Crippen molar-refractivity contribution < 1.29 is 4.79 Å². The Kier molecular flexibility index (Phi) is 3.33. The first-order valence-corrected chi connectivity index (χ1v) is 5.18. The highest BCUT2D eigenvalue weighted by Gasteiger charge is 2.27. The highest BCUT2D eigenvalue weighted by molar-refractivity contribution is 6.21. The molecule has 76 valence electrons. The Morgan fingerprint density at radius 1 is 1.43 bits per heavy atom. The number of rotatable bonds is 3. The van der Waals surface area contributed by atoms with Crippen LogP contribution in [0, 0.1) is 12.3 Å². The Hall–Kier alpha value is -0.820. The van der Waals surface area contributed by atoms with Gasteiger partial charge in [-0.3, -0.25) is 4.79 Å². The van der Waals surface area contributed by atoms with E-state index in [1.165, 1.54) is 0 Å². The van der Waals surface area contributed by atoms with E-state index in [4.69, 9.17) is 11.6 Å². The molecule has 14 heavy (non-hydrogen) atoms. The number of ketones is 1. The number of halogens is 1. The third kappa shape index (κ3) is 2.36. The molecule has 0 bridgehead atoms. The van der Waals surface area contributed by atoms with Crippen LogP contribution in [0.1, 0.15) is 29.8 Å². The molecular formula is C12H15ClO. The minimum Gasteiger partial charge on any atom is -0.294 e. The van der Waals surface area contributed by atoms with Gasteiger partial charge in [-0.05, 0) is 13.0 Å². The van der Waals surface area contributed by atoms with E-state index in [-0.39, 0.29) is 5.78 Å². The Labute approximate surface area is 90.1 Å². The number of hydrogen-bond acceptors (Lipinski definition) is 1.